The van der Waals surface area contributed by atoms with Crippen LogP contribution in [0.3, 0.4) is 0 Å². The van der Waals surface area contributed by atoms with Crippen molar-refractivity contribution >= 4 is 0 Å². The third kappa shape index (κ3) is 3.28. The molecule has 1 aliphatic rings. The Balaban J connectivity index is 1.96. The Hall–Kier alpha value is -1.78. The Bertz CT molecular complexity index is 621. The van der Waals surface area contributed by atoms with Gasteiger partial charge in [0, 0.05) is 17.2 Å². The molecule has 110 valence electrons. The Labute approximate surface area is 125 Å². The van der Waals surface area contributed by atoms with E-state index >= 15 is 0 Å². The Morgan fingerprint density at radius 3 is 2.76 bits per heavy atom. The maximum absolute atomic E-state index is 9.28. The van der Waals surface area contributed by atoms with Crippen LogP contribution >= 0.6 is 0 Å². The SMILES string of the molecule is Cc1cc(-c2cccc(CO)c2)nc(C2CCNCC2)n1. The van der Waals surface area contributed by atoms with E-state index in [0.717, 1.165) is 54.3 Å². The summed E-state index contributed by atoms with van der Waals surface area (Å²) in [5.41, 5.74) is 3.91. The summed E-state index contributed by atoms with van der Waals surface area (Å²) in [6.45, 7) is 4.15. The lowest BCUT2D eigenvalue weighted by Gasteiger charge is -2.22. The van der Waals surface area contributed by atoms with Gasteiger partial charge in [-0.1, -0.05) is 18.2 Å². The quantitative estimate of drug-likeness (QED) is 0.908. The smallest absolute Gasteiger partial charge is 0.132 e. The highest BCUT2D eigenvalue weighted by atomic mass is 16.3. The van der Waals surface area contributed by atoms with Crippen LogP contribution in [0.25, 0.3) is 11.3 Å². The minimum absolute atomic E-state index is 0.0546. The molecule has 0 unspecified atom stereocenters. The van der Waals surface area contributed by atoms with Gasteiger partial charge in [0.15, 0.2) is 0 Å². The van der Waals surface area contributed by atoms with Crippen LogP contribution in [0.1, 0.15) is 35.8 Å². The van der Waals surface area contributed by atoms with E-state index in [1.165, 1.54) is 0 Å². The molecule has 1 aliphatic heterocycles. The van der Waals surface area contributed by atoms with Gasteiger partial charge in [-0.05, 0) is 50.6 Å². The molecule has 0 aliphatic carbocycles. The summed E-state index contributed by atoms with van der Waals surface area (Å²) in [5.74, 6) is 1.41. The third-order valence-corrected chi connectivity index (χ3v) is 3.98. The zero-order chi connectivity index (χ0) is 14.7. The number of aryl methyl sites for hydroxylation is 1. The number of aromatic nitrogens is 2. The summed E-state index contributed by atoms with van der Waals surface area (Å²) in [4.78, 5) is 9.42. The first-order chi connectivity index (χ1) is 10.3. The Kier molecular flexibility index (Phi) is 4.27. The molecule has 0 spiro atoms. The van der Waals surface area contributed by atoms with Gasteiger partial charge in [-0.15, -0.1) is 0 Å². The average Bonchev–Trinajstić information content (AvgIpc) is 2.55. The molecule has 4 nitrogen and oxygen atoms in total. The third-order valence-electron chi connectivity index (χ3n) is 3.98. The predicted octanol–water partition coefficient (Wildman–Crippen LogP) is 2.41. The summed E-state index contributed by atoms with van der Waals surface area (Å²) in [5, 5.41) is 12.7. The van der Waals surface area contributed by atoms with Crippen LogP contribution < -0.4 is 5.32 Å². The second-order valence-electron chi connectivity index (χ2n) is 5.64. The van der Waals surface area contributed by atoms with Gasteiger partial charge >= 0.3 is 0 Å². The van der Waals surface area contributed by atoms with E-state index in [4.69, 9.17) is 4.98 Å². The molecule has 0 radical (unpaired) electrons. The van der Waals surface area contributed by atoms with Gasteiger partial charge in [0.25, 0.3) is 0 Å². The predicted molar refractivity (Wildman–Crippen MR) is 83.0 cm³/mol. The zero-order valence-corrected chi connectivity index (χ0v) is 12.3. The van der Waals surface area contributed by atoms with Crippen LogP contribution in [0.15, 0.2) is 30.3 Å². The van der Waals surface area contributed by atoms with Crippen LogP contribution in [0, 0.1) is 6.92 Å². The van der Waals surface area contributed by atoms with Crippen molar-refractivity contribution < 1.29 is 5.11 Å². The maximum atomic E-state index is 9.28. The van der Waals surface area contributed by atoms with Gasteiger partial charge in [-0.2, -0.15) is 0 Å². The second kappa shape index (κ2) is 6.33. The number of hydrogen-bond donors (Lipinski definition) is 2. The van der Waals surface area contributed by atoms with Crippen molar-refractivity contribution in [1.29, 1.82) is 0 Å². The van der Waals surface area contributed by atoms with Crippen LogP contribution in [0.5, 0.6) is 0 Å². The van der Waals surface area contributed by atoms with E-state index in [1.807, 2.05) is 37.3 Å². The monoisotopic (exact) mass is 283 g/mol. The molecular weight excluding hydrogens is 262 g/mol. The van der Waals surface area contributed by atoms with Crippen LogP contribution in [0.2, 0.25) is 0 Å². The molecule has 2 N–H and O–H groups in total. The highest BCUT2D eigenvalue weighted by Crippen LogP contribution is 2.26. The van der Waals surface area contributed by atoms with E-state index < -0.39 is 0 Å². The number of nitrogens with zero attached hydrogens (tertiary/aromatic N) is 2. The van der Waals surface area contributed by atoms with Crippen LogP contribution in [-0.4, -0.2) is 28.2 Å². The van der Waals surface area contributed by atoms with Crippen LogP contribution in [-0.2, 0) is 6.61 Å². The molecule has 0 saturated carbocycles. The molecule has 1 aromatic heterocycles. The topological polar surface area (TPSA) is 58.0 Å². The molecule has 21 heavy (non-hydrogen) atoms. The van der Waals surface area contributed by atoms with E-state index in [-0.39, 0.29) is 6.61 Å². The molecule has 1 fully saturated rings. The zero-order valence-electron chi connectivity index (χ0n) is 12.3. The number of nitrogens with one attached hydrogen (secondary N) is 1. The number of piperidine rings is 1. The van der Waals surface area contributed by atoms with Crippen molar-refractivity contribution in [1.82, 2.24) is 15.3 Å². The van der Waals surface area contributed by atoms with Gasteiger partial charge in [0.2, 0.25) is 0 Å². The first-order valence-corrected chi connectivity index (χ1v) is 7.53. The number of hydrogen-bond acceptors (Lipinski definition) is 4. The normalized spacial score (nSPS) is 16.1. The molecular formula is C17H21N3O. The van der Waals surface area contributed by atoms with E-state index in [9.17, 15) is 5.11 Å². The summed E-state index contributed by atoms with van der Waals surface area (Å²) >= 11 is 0. The van der Waals surface area contributed by atoms with Crippen molar-refractivity contribution in [3.63, 3.8) is 0 Å². The minimum Gasteiger partial charge on any atom is -0.392 e. The fourth-order valence-electron chi connectivity index (χ4n) is 2.83. The molecule has 3 rings (SSSR count). The van der Waals surface area contributed by atoms with Gasteiger partial charge in [0.05, 0.1) is 12.3 Å². The second-order valence-corrected chi connectivity index (χ2v) is 5.64. The van der Waals surface area contributed by atoms with Gasteiger partial charge in [0.1, 0.15) is 5.82 Å². The van der Waals surface area contributed by atoms with Crippen LogP contribution in [0.4, 0.5) is 0 Å². The first kappa shape index (κ1) is 14.2. The first-order valence-electron chi connectivity index (χ1n) is 7.53. The Morgan fingerprint density at radius 2 is 2.00 bits per heavy atom. The van der Waals surface area contributed by atoms with Gasteiger partial charge < -0.3 is 10.4 Å². The van der Waals surface area contributed by atoms with Crippen molar-refractivity contribution in [2.75, 3.05) is 13.1 Å². The standard InChI is InChI=1S/C17H21N3O/c1-12-9-16(15-4-2-3-13(10-15)11-21)20-17(19-12)14-5-7-18-8-6-14/h2-4,9-10,14,18,21H,5-8,11H2,1H3. The highest BCUT2D eigenvalue weighted by Gasteiger charge is 2.19. The van der Waals surface area contributed by atoms with Crippen molar-refractivity contribution in [2.24, 2.45) is 0 Å². The summed E-state index contributed by atoms with van der Waals surface area (Å²) in [6.07, 6.45) is 2.19. The molecule has 2 aromatic rings. The molecule has 1 aromatic carbocycles. The molecule has 0 atom stereocenters. The lowest BCUT2D eigenvalue weighted by Crippen LogP contribution is -2.27. The molecule has 2 heterocycles. The van der Waals surface area contributed by atoms with E-state index in [1.54, 1.807) is 0 Å². The van der Waals surface area contributed by atoms with Crippen molar-refractivity contribution in [3.8, 4) is 11.3 Å². The number of aliphatic hydroxyl groups is 1. The average molecular weight is 283 g/mol. The molecule has 1 saturated heterocycles. The highest BCUT2D eigenvalue weighted by molar-refractivity contribution is 5.60. The van der Waals surface area contributed by atoms with E-state index in [0.29, 0.717) is 5.92 Å². The fourth-order valence-corrected chi connectivity index (χ4v) is 2.83. The number of aliphatic hydroxyl groups excluding tert-OH is 1. The van der Waals surface area contributed by atoms with Gasteiger partial charge in [-0.25, -0.2) is 9.97 Å². The molecule has 4 heteroatoms. The number of benzene rings is 1. The van der Waals surface area contributed by atoms with Crippen molar-refractivity contribution in [3.05, 3.63) is 47.4 Å². The summed E-state index contributed by atoms with van der Waals surface area (Å²) < 4.78 is 0. The van der Waals surface area contributed by atoms with Gasteiger partial charge in [-0.3, -0.25) is 0 Å². The lowest BCUT2D eigenvalue weighted by molar-refractivity contribution is 0.282. The summed E-state index contributed by atoms with van der Waals surface area (Å²) in [6, 6.07) is 9.93. The fraction of sp³-hybridized carbons (Fsp3) is 0.412. The summed E-state index contributed by atoms with van der Waals surface area (Å²) in [7, 11) is 0. The van der Waals surface area contributed by atoms with E-state index in [2.05, 4.69) is 10.3 Å². The maximum Gasteiger partial charge on any atom is 0.132 e. The van der Waals surface area contributed by atoms with Crippen molar-refractivity contribution in [2.45, 2.75) is 32.3 Å². The number of rotatable bonds is 3. The minimum atomic E-state index is 0.0546. The largest absolute Gasteiger partial charge is 0.392 e. The molecule has 0 amide bonds. The lowest BCUT2D eigenvalue weighted by atomic mass is 9.97. The molecule has 0 bridgehead atoms. The Morgan fingerprint density at radius 1 is 1.19 bits per heavy atom.